The molecule has 0 bridgehead atoms. The molecule has 142 valence electrons. The molecule has 0 unspecified atom stereocenters. The molecule has 4 aromatic rings. The van der Waals surface area contributed by atoms with E-state index >= 15 is 0 Å². The number of carbonyl (C=O) groups is 1. The van der Waals surface area contributed by atoms with Crippen molar-refractivity contribution in [3.63, 3.8) is 0 Å². The van der Waals surface area contributed by atoms with Gasteiger partial charge in [-0.1, -0.05) is 48.5 Å². The summed E-state index contributed by atoms with van der Waals surface area (Å²) < 4.78 is 0. The number of aromatic nitrogens is 5. The lowest BCUT2D eigenvalue weighted by molar-refractivity contribution is 0.0955. The van der Waals surface area contributed by atoms with Crippen LogP contribution < -0.4 is 5.43 Å². The highest BCUT2D eigenvalue weighted by atomic mass is 16.2. The van der Waals surface area contributed by atoms with Gasteiger partial charge < -0.3 is 0 Å². The molecule has 1 N–H and O–H groups in total. The monoisotopic (exact) mass is 383 g/mol. The number of benzene rings is 2. The summed E-state index contributed by atoms with van der Waals surface area (Å²) >= 11 is 0. The number of rotatable bonds is 6. The van der Waals surface area contributed by atoms with Crippen LogP contribution in [0.15, 0.2) is 84.2 Å². The fourth-order valence-electron chi connectivity index (χ4n) is 2.62. The summed E-state index contributed by atoms with van der Waals surface area (Å²) in [4.78, 5) is 17.7. The molecule has 8 heteroatoms. The molecule has 0 aliphatic heterocycles. The van der Waals surface area contributed by atoms with E-state index in [0.29, 0.717) is 17.9 Å². The first-order valence-corrected chi connectivity index (χ1v) is 8.93. The van der Waals surface area contributed by atoms with E-state index in [2.05, 4.69) is 30.9 Å². The third kappa shape index (κ3) is 4.75. The predicted octanol–water partition coefficient (Wildman–Crippen LogP) is 2.55. The van der Waals surface area contributed by atoms with Gasteiger partial charge in [0.15, 0.2) is 0 Å². The molecular weight excluding hydrogens is 366 g/mol. The number of carbonyl (C=O) groups excluding carboxylic acids is 1. The largest absolute Gasteiger partial charge is 0.271 e. The maximum Gasteiger partial charge on any atom is 0.271 e. The van der Waals surface area contributed by atoms with Crippen molar-refractivity contribution in [3.8, 4) is 11.4 Å². The van der Waals surface area contributed by atoms with Crippen LogP contribution >= 0.6 is 0 Å². The van der Waals surface area contributed by atoms with Gasteiger partial charge >= 0.3 is 0 Å². The van der Waals surface area contributed by atoms with Crippen molar-refractivity contribution in [2.45, 2.75) is 6.54 Å². The Morgan fingerprint density at radius 2 is 1.86 bits per heavy atom. The van der Waals surface area contributed by atoms with Crippen LogP contribution in [-0.4, -0.2) is 37.3 Å². The molecule has 2 heterocycles. The van der Waals surface area contributed by atoms with Crippen LogP contribution in [-0.2, 0) is 6.54 Å². The number of tetrazole rings is 1. The SMILES string of the molecule is O=C(N/N=C/c1cccnc1)c1ccc(Cn2nnc(-c3ccccc3)n2)cc1. The van der Waals surface area contributed by atoms with E-state index in [1.165, 1.54) is 4.80 Å². The van der Waals surface area contributed by atoms with Gasteiger partial charge in [0.05, 0.1) is 12.8 Å². The molecule has 0 saturated carbocycles. The van der Waals surface area contributed by atoms with Crippen molar-refractivity contribution >= 4 is 12.1 Å². The second-order valence-electron chi connectivity index (χ2n) is 6.19. The van der Waals surface area contributed by atoms with E-state index in [1.54, 1.807) is 36.8 Å². The lowest BCUT2D eigenvalue weighted by Crippen LogP contribution is -2.17. The minimum absolute atomic E-state index is 0.290. The van der Waals surface area contributed by atoms with E-state index in [1.807, 2.05) is 48.5 Å². The summed E-state index contributed by atoms with van der Waals surface area (Å²) in [6, 6.07) is 20.5. The molecule has 0 radical (unpaired) electrons. The zero-order valence-corrected chi connectivity index (χ0v) is 15.4. The predicted molar refractivity (Wildman–Crippen MR) is 108 cm³/mol. The number of hydrogen-bond acceptors (Lipinski definition) is 6. The van der Waals surface area contributed by atoms with Crippen LogP contribution in [0.2, 0.25) is 0 Å². The van der Waals surface area contributed by atoms with Gasteiger partial charge in [-0.15, -0.1) is 10.2 Å². The molecule has 0 aliphatic rings. The van der Waals surface area contributed by atoms with Crippen molar-refractivity contribution in [2.24, 2.45) is 5.10 Å². The van der Waals surface area contributed by atoms with Gasteiger partial charge in [-0.25, -0.2) is 5.43 Å². The fourth-order valence-corrected chi connectivity index (χ4v) is 2.62. The molecule has 4 rings (SSSR count). The summed E-state index contributed by atoms with van der Waals surface area (Å²) in [5.74, 6) is 0.287. The number of nitrogens with zero attached hydrogens (tertiary/aromatic N) is 6. The van der Waals surface area contributed by atoms with E-state index in [4.69, 9.17) is 0 Å². The quantitative estimate of drug-likeness (QED) is 0.408. The van der Waals surface area contributed by atoms with Crippen LogP contribution in [0.25, 0.3) is 11.4 Å². The van der Waals surface area contributed by atoms with E-state index in [0.717, 1.165) is 16.7 Å². The zero-order chi connectivity index (χ0) is 19.9. The van der Waals surface area contributed by atoms with Gasteiger partial charge in [0.25, 0.3) is 5.91 Å². The van der Waals surface area contributed by atoms with Crippen LogP contribution in [0.4, 0.5) is 0 Å². The minimum atomic E-state index is -0.290. The topological polar surface area (TPSA) is 98.0 Å². The second-order valence-corrected chi connectivity index (χ2v) is 6.19. The fraction of sp³-hybridized carbons (Fsp3) is 0.0476. The summed E-state index contributed by atoms with van der Waals surface area (Å²) in [6.07, 6.45) is 4.88. The smallest absolute Gasteiger partial charge is 0.267 e. The van der Waals surface area contributed by atoms with Crippen molar-refractivity contribution in [2.75, 3.05) is 0 Å². The number of amides is 1. The average molecular weight is 383 g/mol. The minimum Gasteiger partial charge on any atom is -0.267 e. The molecule has 0 spiro atoms. The first-order valence-electron chi connectivity index (χ1n) is 8.93. The number of pyridine rings is 1. The van der Waals surface area contributed by atoms with Crippen LogP contribution in [0, 0.1) is 0 Å². The number of hydrazone groups is 1. The Hall–Kier alpha value is -4.20. The average Bonchev–Trinajstić information content (AvgIpc) is 3.24. The Morgan fingerprint density at radius 3 is 2.62 bits per heavy atom. The highest BCUT2D eigenvalue weighted by molar-refractivity contribution is 5.94. The van der Waals surface area contributed by atoms with Crippen LogP contribution in [0.3, 0.4) is 0 Å². The Labute approximate surface area is 166 Å². The van der Waals surface area contributed by atoms with Gasteiger partial charge in [0, 0.05) is 29.1 Å². The molecule has 8 nitrogen and oxygen atoms in total. The normalized spacial score (nSPS) is 10.9. The van der Waals surface area contributed by atoms with Gasteiger partial charge in [-0.3, -0.25) is 9.78 Å². The van der Waals surface area contributed by atoms with Crippen molar-refractivity contribution < 1.29 is 4.79 Å². The summed E-state index contributed by atoms with van der Waals surface area (Å²) in [6.45, 7) is 0.459. The van der Waals surface area contributed by atoms with Gasteiger partial charge in [-0.2, -0.15) is 9.90 Å². The Kier molecular flexibility index (Phi) is 5.43. The van der Waals surface area contributed by atoms with Gasteiger partial charge in [0.1, 0.15) is 0 Å². The molecule has 29 heavy (non-hydrogen) atoms. The lowest BCUT2D eigenvalue weighted by Gasteiger charge is -2.03. The highest BCUT2D eigenvalue weighted by Gasteiger charge is 2.07. The van der Waals surface area contributed by atoms with Crippen molar-refractivity contribution in [1.82, 2.24) is 30.6 Å². The maximum atomic E-state index is 12.2. The maximum absolute atomic E-state index is 12.2. The first-order chi connectivity index (χ1) is 14.3. The van der Waals surface area contributed by atoms with Crippen LogP contribution in [0.5, 0.6) is 0 Å². The molecule has 0 saturated heterocycles. The molecule has 0 fully saturated rings. The van der Waals surface area contributed by atoms with Crippen molar-refractivity contribution in [1.29, 1.82) is 0 Å². The Balaban J connectivity index is 1.36. The van der Waals surface area contributed by atoms with Crippen LogP contribution in [0.1, 0.15) is 21.5 Å². The Bertz CT molecular complexity index is 1110. The third-order valence-corrected chi connectivity index (χ3v) is 4.09. The van der Waals surface area contributed by atoms with Crippen molar-refractivity contribution in [3.05, 3.63) is 95.8 Å². The molecule has 0 atom stereocenters. The van der Waals surface area contributed by atoms with Gasteiger partial charge in [0.2, 0.25) is 5.82 Å². The van der Waals surface area contributed by atoms with Gasteiger partial charge in [-0.05, 0) is 29.0 Å². The zero-order valence-electron chi connectivity index (χ0n) is 15.4. The standard InChI is InChI=1S/C21H17N7O/c29-21(25-23-14-17-5-4-12-22-13-17)19-10-8-16(9-11-19)15-28-26-20(24-27-28)18-6-2-1-3-7-18/h1-14H,15H2,(H,25,29)/b23-14+. The first kappa shape index (κ1) is 18.2. The molecule has 1 amide bonds. The number of hydrogen-bond donors (Lipinski definition) is 1. The van der Waals surface area contributed by atoms with E-state index in [-0.39, 0.29) is 5.91 Å². The highest BCUT2D eigenvalue weighted by Crippen LogP contribution is 2.12. The molecule has 2 aromatic carbocycles. The molecule has 0 aliphatic carbocycles. The van der Waals surface area contributed by atoms with E-state index in [9.17, 15) is 4.79 Å². The summed E-state index contributed by atoms with van der Waals surface area (Å²) in [5, 5.41) is 16.5. The Morgan fingerprint density at radius 1 is 1.03 bits per heavy atom. The lowest BCUT2D eigenvalue weighted by atomic mass is 10.1. The number of nitrogens with one attached hydrogen (secondary N) is 1. The summed E-state index contributed by atoms with van der Waals surface area (Å²) in [7, 11) is 0. The van der Waals surface area contributed by atoms with E-state index < -0.39 is 0 Å². The molecular formula is C21H17N7O. The second kappa shape index (κ2) is 8.66. The third-order valence-electron chi connectivity index (χ3n) is 4.09. The summed E-state index contributed by atoms with van der Waals surface area (Å²) in [5.41, 5.74) is 5.68. The molecule has 2 aromatic heterocycles.